The Morgan fingerprint density at radius 1 is 1.05 bits per heavy atom. The van der Waals surface area contributed by atoms with Crippen LogP contribution < -0.4 is 14.5 Å². The Morgan fingerprint density at radius 3 is 2.67 bits per heavy atom. The van der Waals surface area contributed by atoms with E-state index in [-0.39, 0.29) is 5.91 Å². The predicted molar refractivity (Wildman–Crippen MR) is 158 cm³/mol. The van der Waals surface area contributed by atoms with Crippen LogP contribution in [-0.2, 0) is 17.8 Å². The van der Waals surface area contributed by atoms with Crippen LogP contribution in [-0.4, -0.2) is 89.6 Å². The second-order valence-electron chi connectivity index (χ2n) is 11.2. The molecule has 2 fully saturated rings. The molecule has 9 nitrogen and oxygen atoms in total. The molecule has 0 spiro atoms. The molecule has 210 valence electrons. The number of hydrogen-bond donors (Lipinski definition) is 0. The number of carbonyl (C=O) groups excluding carboxylic acids is 1. The normalized spacial score (nSPS) is 19.9. The van der Waals surface area contributed by atoms with Gasteiger partial charge in [0.15, 0.2) is 0 Å². The molecule has 5 heterocycles. The minimum atomic E-state index is -0.0144. The lowest BCUT2D eigenvalue weighted by Crippen LogP contribution is -2.49. The average molecular weight is 542 g/mol. The van der Waals surface area contributed by atoms with Crippen molar-refractivity contribution < 1.29 is 9.53 Å². The first kappa shape index (κ1) is 26.5. The predicted octanol–water partition coefficient (Wildman–Crippen LogP) is 3.59. The van der Waals surface area contributed by atoms with Crippen molar-refractivity contribution in [1.29, 1.82) is 0 Å². The summed E-state index contributed by atoms with van der Waals surface area (Å²) in [7, 11) is 2.16. The van der Waals surface area contributed by atoms with Crippen LogP contribution in [0.2, 0.25) is 0 Å². The highest BCUT2D eigenvalue weighted by Crippen LogP contribution is 2.34. The molecule has 3 aliphatic rings. The number of ether oxygens (including phenoxy) is 1. The number of nitrogens with zero attached hydrogens (tertiary/aromatic N) is 7. The molecule has 9 heteroatoms. The largest absolute Gasteiger partial charge is 0.462 e. The van der Waals surface area contributed by atoms with Gasteiger partial charge >= 0.3 is 6.01 Å². The number of rotatable bonds is 6. The SMILES string of the molecule is C=CC(=O)N1CCN(c2nc(OC[C@@H]3CCCN3C)nc3c2CCCN(c2nccc4cccc(C)c24)C3)CC1. The van der Waals surface area contributed by atoms with Gasteiger partial charge in [0.1, 0.15) is 18.2 Å². The third-order valence-corrected chi connectivity index (χ3v) is 8.67. The zero-order valence-corrected chi connectivity index (χ0v) is 23.7. The Labute approximate surface area is 236 Å². The third kappa shape index (κ3) is 5.22. The average Bonchev–Trinajstić information content (AvgIpc) is 3.27. The third-order valence-electron chi connectivity index (χ3n) is 8.67. The molecule has 2 aromatic heterocycles. The minimum absolute atomic E-state index is 0.0144. The number of likely N-dealkylation sites (tertiary alicyclic amines) is 1. The van der Waals surface area contributed by atoms with E-state index in [2.05, 4.69) is 59.5 Å². The number of hydrogen-bond acceptors (Lipinski definition) is 8. The van der Waals surface area contributed by atoms with Crippen molar-refractivity contribution in [3.63, 3.8) is 0 Å². The summed E-state index contributed by atoms with van der Waals surface area (Å²) in [5.74, 6) is 1.95. The number of piperazine rings is 1. The summed E-state index contributed by atoms with van der Waals surface area (Å²) < 4.78 is 6.30. The zero-order valence-electron chi connectivity index (χ0n) is 23.7. The fraction of sp³-hybridized carbons (Fsp3) is 0.484. The van der Waals surface area contributed by atoms with E-state index in [4.69, 9.17) is 19.7 Å². The first-order valence-corrected chi connectivity index (χ1v) is 14.5. The molecule has 2 saturated heterocycles. The van der Waals surface area contributed by atoms with Crippen LogP contribution in [0.25, 0.3) is 10.8 Å². The van der Waals surface area contributed by atoms with E-state index in [0.717, 1.165) is 62.8 Å². The Hall–Kier alpha value is -3.72. The monoisotopic (exact) mass is 541 g/mol. The van der Waals surface area contributed by atoms with Crippen LogP contribution in [0.4, 0.5) is 11.6 Å². The van der Waals surface area contributed by atoms with Gasteiger partial charge in [-0.1, -0.05) is 24.8 Å². The van der Waals surface area contributed by atoms with E-state index >= 15 is 0 Å². The van der Waals surface area contributed by atoms with Gasteiger partial charge < -0.3 is 24.3 Å². The number of pyridine rings is 1. The molecule has 1 aromatic carbocycles. The van der Waals surface area contributed by atoms with Crippen molar-refractivity contribution in [1.82, 2.24) is 24.8 Å². The van der Waals surface area contributed by atoms with Crippen LogP contribution in [0.5, 0.6) is 6.01 Å². The maximum atomic E-state index is 12.2. The molecule has 0 aliphatic carbocycles. The lowest BCUT2D eigenvalue weighted by atomic mass is 10.1. The van der Waals surface area contributed by atoms with E-state index in [9.17, 15) is 4.79 Å². The maximum absolute atomic E-state index is 12.2. The van der Waals surface area contributed by atoms with Crippen molar-refractivity contribution in [3.05, 3.63) is 59.9 Å². The second kappa shape index (κ2) is 11.4. The molecule has 1 atom stereocenters. The molecule has 0 N–H and O–H groups in total. The van der Waals surface area contributed by atoms with Crippen molar-refractivity contribution in [3.8, 4) is 6.01 Å². The second-order valence-corrected chi connectivity index (χ2v) is 11.2. The molecule has 0 radical (unpaired) electrons. The molecule has 0 unspecified atom stereocenters. The van der Waals surface area contributed by atoms with E-state index < -0.39 is 0 Å². The fourth-order valence-electron chi connectivity index (χ4n) is 6.35. The topological polar surface area (TPSA) is 77.9 Å². The van der Waals surface area contributed by atoms with Gasteiger partial charge in [-0.3, -0.25) is 4.79 Å². The highest BCUT2D eigenvalue weighted by molar-refractivity contribution is 5.94. The van der Waals surface area contributed by atoms with Gasteiger partial charge in [-0.25, -0.2) is 4.98 Å². The molecule has 40 heavy (non-hydrogen) atoms. The Bertz CT molecular complexity index is 1400. The number of fused-ring (bicyclic) bond motifs is 2. The highest BCUT2D eigenvalue weighted by Gasteiger charge is 2.29. The van der Waals surface area contributed by atoms with Crippen molar-refractivity contribution in [2.45, 2.75) is 45.2 Å². The number of amides is 1. The number of aryl methyl sites for hydroxylation is 1. The summed E-state index contributed by atoms with van der Waals surface area (Å²) in [5, 5.41) is 2.40. The Kier molecular flexibility index (Phi) is 7.56. The summed E-state index contributed by atoms with van der Waals surface area (Å²) in [4.78, 5) is 36.0. The van der Waals surface area contributed by atoms with Gasteiger partial charge in [0.2, 0.25) is 5.91 Å². The quantitative estimate of drug-likeness (QED) is 0.438. The molecule has 1 amide bonds. The number of anilines is 2. The standard InChI is InChI=1S/C31H39N7O2/c1-4-27(39)36-16-18-37(19-17-36)29-25-11-7-15-38(30-28-22(2)8-5-9-23(28)12-13-32-30)20-26(25)33-31(34-29)40-21-24-10-6-14-35(24)3/h4-5,8-9,12-13,24H,1,6-7,10-11,14-21H2,2-3H3/t24-/m0/s1. The lowest BCUT2D eigenvalue weighted by Gasteiger charge is -2.36. The van der Waals surface area contributed by atoms with Gasteiger partial charge in [0.05, 0.1) is 12.2 Å². The summed E-state index contributed by atoms with van der Waals surface area (Å²) in [6.45, 7) is 11.8. The maximum Gasteiger partial charge on any atom is 0.318 e. The molecule has 0 bridgehead atoms. The van der Waals surface area contributed by atoms with E-state index in [1.54, 1.807) is 0 Å². The molecule has 3 aliphatic heterocycles. The zero-order chi connectivity index (χ0) is 27.6. The number of carbonyl (C=O) groups is 1. The van der Waals surface area contributed by atoms with Gasteiger partial charge in [0, 0.05) is 55.9 Å². The number of aromatic nitrogens is 3. The summed E-state index contributed by atoms with van der Waals surface area (Å²) in [6.07, 6.45) is 7.51. The highest BCUT2D eigenvalue weighted by atomic mass is 16.5. The van der Waals surface area contributed by atoms with Gasteiger partial charge in [-0.05, 0) is 69.3 Å². The van der Waals surface area contributed by atoms with E-state index in [1.807, 2.05) is 11.1 Å². The van der Waals surface area contributed by atoms with Gasteiger partial charge in [0.25, 0.3) is 0 Å². The lowest BCUT2D eigenvalue weighted by molar-refractivity contribution is -0.126. The van der Waals surface area contributed by atoms with Crippen molar-refractivity contribution >= 4 is 28.3 Å². The number of benzene rings is 1. The summed E-state index contributed by atoms with van der Waals surface area (Å²) >= 11 is 0. The van der Waals surface area contributed by atoms with Crippen LogP contribution in [0.15, 0.2) is 43.1 Å². The van der Waals surface area contributed by atoms with Crippen molar-refractivity contribution in [2.24, 2.45) is 0 Å². The Morgan fingerprint density at radius 2 is 1.90 bits per heavy atom. The smallest absolute Gasteiger partial charge is 0.318 e. The van der Waals surface area contributed by atoms with Crippen molar-refractivity contribution in [2.75, 3.05) is 62.7 Å². The van der Waals surface area contributed by atoms with Crippen LogP contribution in [0, 0.1) is 6.92 Å². The Balaban J connectivity index is 1.34. The van der Waals surface area contributed by atoms with Crippen LogP contribution in [0.3, 0.4) is 0 Å². The van der Waals surface area contributed by atoms with Gasteiger partial charge in [-0.15, -0.1) is 0 Å². The first-order valence-electron chi connectivity index (χ1n) is 14.5. The van der Waals surface area contributed by atoms with E-state index in [0.29, 0.717) is 38.3 Å². The molecular weight excluding hydrogens is 502 g/mol. The summed E-state index contributed by atoms with van der Waals surface area (Å²) in [6, 6.07) is 9.33. The molecular formula is C31H39N7O2. The molecule has 3 aromatic rings. The molecule has 6 rings (SSSR count). The van der Waals surface area contributed by atoms with Crippen LogP contribution in [0.1, 0.15) is 36.1 Å². The first-order chi connectivity index (χ1) is 19.5. The number of likely N-dealkylation sites (N-methyl/N-ethyl adjacent to an activating group) is 1. The van der Waals surface area contributed by atoms with E-state index in [1.165, 1.54) is 34.4 Å². The molecule has 0 saturated carbocycles. The van der Waals surface area contributed by atoms with Crippen LogP contribution >= 0.6 is 0 Å². The minimum Gasteiger partial charge on any atom is -0.462 e. The van der Waals surface area contributed by atoms with Gasteiger partial charge in [-0.2, -0.15) is 9.97 Å². The fourth-order valence-corrected chi connectivity index (χ4v) is 6.35. The summed E-state index contributed by atoms with van der Waals surface area (Å²) in [5.41, 5.74) is 3.42.